The van der Waals surface area contributed by atoms with Gasteiger partial charge in [-0.3, -0.25) is 0 Å². The Bertz CT molecular complexity index is 814. The van der Waals surface area contributed by atoms with E-state index in [2.05, 4.69) is 20.4 Å². The first-order chi connectivity index (χ1) is 11.5. The molecule has 24 heavy (non-hydrogen) atoms. The maximum absolute atomic E-state index is 13.0. The Morgan fingerprint density at radius 3 is 2.62 bits per heavy atom. The fourth-order valence-electron chi connectivity index (χ4n) is 2.44. The quantitative estimate of drug-likeness (QED) is 0.753. The minimum absolute atomic E-state index is 0.270. The summed E-state index contributed by atoms with van der Waals surface area (Å²) < 4.78 is 14.7. The molecule has 124 valence electrons. The van der Waals surface area contributed by atoms with Crippen LogP contribution in [0.5, 0.6) is 0 Å². The Balaban J connectivity index is 1.79. The Hall–Kier alpha value is -2.80. The van der Waals surface area contributed by atoms with Gasteiger partial charge in [-0.25, -0.2) is 19.0 Å². The van der Waals surface area contributed by atoms with Crippen molar-refractivity contribution in [1.82, 2.24) is 19.7 Å². The zero-order chi connectivity index (χ0) is 17.1. The van der Waals surface area contributed by atoms with Crippen LogP contribution in [0, 0.1) is 19.7 Å². The summed E-state index contributed by atoms with van der Waals surface area (Å²) in [5.74, 6) is 1.81. The highest BCUT2D eigenvalue weighted by atomic mass is 19.1. The number of hydrogen-bond acceptors (Lipinski definition) is 5. The number of halogens is 1. The number of benzene rings is 1. The molecule has 1 atom stereocenters. The molecule has 0 amide bonds. The van der Waals surface area contributed by atoms with E-state index < -0.39 is 0 Å². The van der Waals surface area contributed by atoms with E-state index in [0.717, 1.165) is 16.9 Å². The number of anilines is 1. The van der Waals surface area contributed by atoms with Crippen LogP contribution < -0.4 is 11.1 Å². The molecular weight excluding hydrogens is 307 g/mol. The molecule has 1 aromatic carbocycles. The highest BCUT2D eigenvalue weighted by Gasteiger charge is 2.13. The first kappa shape index (κ1) is 16.1. The molecular formula is C17H19FN6. The standard InChI is InChI=1S/C17H19FN6/c1-11-16(20-10-15(19)13-4-6-14(18)7-5-13)22-12(2)23-17(11)24-9-3-8-21-24/h3-9,15H,10,19H2,1-2H3,(H,20,22,23). The molecule has 3 rings (SSSR count). The normalized spacial score (nSPS) is 12.2. The van der Waals surface area contributed by atoms with E-state index in [1.54, 1.807) is 23.0 Å². The maximum Gasteiger partial charge on any atom is 0.162 e. The number of aromatic nitrogens is 4. The van der Waals surface area contributed by atoms with E-state index in [-0.39, 0.29) is 11.9 Å². The monoisotopic (exact) mass is 326 g/mol. The molecule has 0 saturated heterocycles. The minimum atomic E-state index is -0.273. The third kappa shape index (κ3) is 3.41. The Morgan fingerprint density at radius 1 is 1.21 bits per heavy atom. The minimum Gasteiger partial charge on any atom is -0.368 e. The number of rotatable bonds is 5. The topological polar surface area (TPSA) is 81.6 Å². The smallest absolute Gasteiger partial charge is 0.162 e. The predicted octanol–water partition coefficient (Wildman–Crippen LogP) is 2.53. The van der Waals surface area contributed by atoms with E-state index in [4.69, 9.17) is 5.73 Å². The van der Waals surface area contributed by atoms with Crippen molar-refractivity contribution in [2.24, 2.45) is 5.73 Å². The Morgan fingerprint density at radius 2 is 1.96 bits per heavy atom. The number of hydrogen-bond donors (Lipinski definition) is 2. The summed E-state index contributed by atoms with van der Waals surface area (Å²) in [7, 11) is 0. The average Bonchev–Trinajstić information content (AvgIpc) is 3.10. The van der Waals surface area contributed by atoms with Gasteiger partial charge in [0, 0.05) is 30.5 Å². The van der Waals surface area contributed by atoms with Crippen molar-refractivity contribution in [2.45, 2.75) is 19.9 Å². The van der Waals surface area contributed by atoms with Gasteiger partial charge >= 0.3 is 0 Å². The summed E-state index contributed by atoms with van der Waals surface area (Å²) in [6.45, 7) is 4.24. The number of aryl methyl sites for hydroxylation is 1. The molecule has 0 saturated carbocycles. The summed E-state index contributed by atoms with van der Waals surface area (Å²) in [5, 5.41) is 7.48. The van der Waals surface area contributed by atoms with Gasteiger partial charge in [0.2, 0.25) is 0 Å². The van der Waals surface area contributed by atoms with Crippen molar-refractivity contribution in [1.29, 1.82) is 0 Å². The van der Waals surface area contributed by atoms with Gasteiger partial charge in [0.05, 0.1) is 0 Å². The molecule has 0 aliphatic carbocycles. The lowest BCUT2D eigenvalue weighted by atomic mass is 10.1. The lowest BCUT2D eigenvalue weighted by Crippen LogP contribution is -2.22. The maximum atomic E-state index is 13.0. The lowest BCUT2D eigenvalue weighted by molar-refractivity contribution is 0.625. The van der Waals surface area contributed by atoms with Gasteiger partial charge in [-0.05, 0) is 37.6 Å². The Kier molecular flexibility index (Phi) is 4.52. The molecule has 3 aromatic rings. The van der Waals surface area contributed by atoms with Crippen LogP contribution >= 0.6 is 0 Å². The summed E-state index contributed by atoms with van der Waals surface area (Å²) >= 11 is 0. The van der Waals surface area contributed by atoms with E-state index in [1.165, 1.54) is 12.1 Å². The molecule has 0 radical (unpaired) electrons. The van der Waals surface area contributed by atoms with Crippen molar-refractivity contribution in [3.8, 4) is 5.82 Å². The van der Waals surface area contributed by atoms with Crippen molar-refractivity contribution >= 4 is 5.82 Å². The second-order valence-electron chi connectivity index (χ2n) is 5.56. The van der Waals surface area contributed by atoms with Gasteiger partial charge in [-0.2, -0.15) is 5.10 Å². The van der Waals surface area contributed by atoms with Gasteiger partial charge in [0.15, 0.2) is 5.82 Å². The summed E-state index contributed by atoms with van der Waals surface area (Å²) in [4.78, 5) is 8.89. The highest BCUT2D eigenvalue weighted by Crippen LogP contribution is 2.20. The van der Waals surface area contributed by atoms with Crippen molar-refractivity contribution < 1.29 is 4.39 Å². The van der Waals surface area contributed by atoms with Crippen LogP contribution in [-0.2, 0) is 0 Å². The molecule has 0 aliphatic heterocycles. The van der Waals surface area contributed by atoms with Crippen molar-refractivity contribution in [3.63, 3.8) is 0 Å². The highest BCUT2D eigenvalue weighted by molar-refractivity contribution is 5.51. The average molecular weight is 326 g/mol. The molecule has 2 aromatic heterocycles. The van der Waals surface area contributed by atoms with Gasteiger partial charge in [-0.15, -0.1) is 0 Å². The van der Waals surface area contributed by atoms with Crippen molar-refractivity contribution in [2.75, 3.05) is 11.9 Å². The Labute approximate surface area is 139 Å². The molecule has 0 aliphatic rings. The molecule has 1 unspecified atom stereocenters. The van der Waals surface area contributed by atoms with E-state index in [1.807, 2.05) is 26.1 Å². The SMILES string of the molecule is Cc1nc(NCC(N)c2ccc(F)cc2)c(C)c(-n2cccn2)n1. The van der Waals surface area contributed by atoms with Gasteiger partial charge in [-0.1, -0.05) is 12.1 Å². The third-order valence-electron chi connectivity index (χ3n) is 3.74. The van der Waals surface area contributed by atoms with Crippen LogP contribution in [0.2, 0.25) is 0 Å². The lowest BCUT2D eigenvalue weighted by Gasteiger charge is -2.16. The summed E-state index contributed by atoms with van der Waals surface area (Å²) in [5.41, 5.74) is 7.91. The van der Waals surface area contributed by atoms with Gasteiger partial charge in [0.25, 0.3) is 0 Å². The van der Waals surface area contributed by atoms with E-state index in [0.29, 0.717) is 18.2 Å². The summed E-state index contributed by atoms with van der Waals surface area (Å²) in [6, 6.07) is 7.77. The third-order valence-corrected chi connectivity index (χ3v) is 3.74. The largest absolute Gasteiger partial charge is 0.368 e. The number of nitrogens with two attached hydrogens (primary N) is 1. The first-order valence-electron chi connectivity index (χ1n) is 7.65. The van der Waals surface area contributed by atoms with Gasteiger partial charge < -0.3 is 11.1 Å². The molecule has 0 fully saturated rings. The molecule has 0 spiro atoms. The van der Waals surface area contributed by atoms with E-state index in [9.17, 15) is 4.39 Å². The second kappa shape index (κ2) is 6.76. The zero-order valence-corrected chi connectivity index (χ0v) is 13.6. The number of nitrogens with zero attached hydrogens (tertiary/aromatic N) is 4. The van der Waals surface area contributed by atoms with Crippen LogP contribution in [0.25, 0.3) is 5.82 Å². The fraction of sp³-hybridized carbons (Fsp3) is 0.235. The molecule has 7 heteroatoms. The van der Waals surface area contributed by atoms with Gasteiger partial charge in [0.1, 0.15) is 17.5 Å². The molecule has 2 heterocycles. The van der Waals surface area contributed by atoms with Crippen LogP contribution in [0.3, 0.4) is 0 Å². The van der Waals surface area contributed by atoms with Crippen LogP contribution in [0.4, 0.5) is 10.2 Å². The molecule has 3 N–H and O–H groups in total. The van der Waals surface area contributed by atoms with E-state index >= 15 is 0 Å². The van der Waals surface area contributed by atoms with Crippen LogP contribution in [0.1, 0.15) is 23.0 Å². The zero-order valence-electron chi connectivity index (χ0n) is 13.6. The van der Waals surface area contributed by atoms with Crippen molar-refractivity contribution in [3.05, 3.63) is 65.5 Å². The molecule has 0 bridgehead atoms. The second-order valence-corrected chi connectivity index (χ2v) is 5.56. The van der Waals surface area contributed by atoms with Crippen LogP contribution in [-0.4, -0.2) is 26.3 Å². The number of nitrogens with one attached hydrogen (secondary N) is 1. The summed E-state index contributed by atoms with van der Waals surface area (Å²) in [6.07, 6.45) is 3.54. The predicted molar refractivity (Wildman–Crippen MR) is 90.4 cm³/mol. The van der Waals surface area contributed by atoms with Crippen LogP contribution in [0.15, 0.2) is 42.7 Å². The molecule has 6 nitrogen and oxygen atoms in total. The fourth-order valence-corrected chi connectivity index (χ4v) is 2.44. The first-order valence-corrected chi connectivity index (χ1v) is 7.65.